The molecule has 3 aromatic rings. The number of anilines is 4. The fourth-order valence-corrected chi connectivity index (χ4v) is 9.47. The van der Waals surface area contributed by atoms with Gasteiger partial charge in [-0.25, -0.2) is 4.98 Å². The Hall–Kier alpha value is -3.38. The van der Waals surface area contributed by atoms with E-state index in [1.54, 1.807) is 6.20 Å². The van der Waals surface area contributed by atoms with Crippen molar-refractivity contribution >= 4 is 45.8 Å². The number of morpholine rings is 1. The lowest BCUT2D eigenvalue weighted by Crippen LogP contribution is -2.57. The third-order valence-electron chi connectivity index (χ3n) is 8.87. The van der Waals surface area contributed by atoms with Crippen LogP contribution in [-0.2, 0) is 15.2 Å². The molecular weight excluding hydrogens is 573 g/mol. The van der Waals surface area contributed by atoms with E-state index in [0.717, 1.165) is 36.3 Å². The molecule has 3 saturated heterocycles. The second-order valence-corrected chi connectivity index (χ2v) is 14.0. The number of hydrogen-bond acceptors (Lipinski definition) is 14. The Kier molecular flexibility index (Phi) is 6.80. The van der Waals surface area contributed by atoms with Crippen LogP contribution in [-0.4, -0.2) is 71.0 Å². The third kappa shape index (κ3) is 4.50. The van der Waals surface area contributed by atoms with Crippen molar-refractivity contribution in [2.45, 2.75) is 54.8 Å². The zero-order valence-electron chi connectivity index (χ0n) is 23.7. The summed E-state index contributed by atoms with van der Waals surface area (Å²) in [5.74, 6) is 2.41. The van der Waals surface area contributed by atoms with Crippen LogP contribution < -0.4 is 31.3 Å². The van der Waals surface area contributed by atoms with E-state index in [0.29, 0.717) is 67.2 Å². The van der Waals surface area contributed by atoms with Crippen molar-refractivity contribution in [3.8, 4) is 12.1 Å². The molecule has 4 aliphatic rings. The number of thiophene rings is 1. The van der Waals surface area contributed by atoms with Crippen molar-refractivity contribution in [2.75, 3.05) is 60.7 Å². The number of hydrogen-bond donors (Lipinski definition) is 3. The Morgan fingerprint density at radius 3 is 2.98 bits per heavy atom. The van der Waals surface area contributed by atoms with Crippen LogP contribution in [0.2, 0.25) is 0 Å². The first-order chi connectivity index (χ1) is 20.3. The number of rotatable bonds is 8. The molecule has 42 heavy (non-hydrogen) atoms. The van der Waals surface area contributed by atoms with Gasteiger partial charge in [-0.1, -0.05) is 6.07 Å². The lowest BCUT2D eigenvalue weighted by molar-refractivity contribution is 0.00854. The Labute approximate surface area is 252 Å². The van der Waals surface area contributed by atoms with Gasteiger partial charge in [-0.15, -0.1) is 23.1 Å². The minimum absolute atomic E-state index is 0.128. The average molecular weight is 607 g/mol. The molecule has 0 radical (unpaired) electrons. The summed E-state index contributed by atoms with van der Waals surface area (Å²) in [6.45, 7) is 7.88. The molecule has 2 bridgehead atoms. The summed E-state index contributed by atoms with van der Waals surface area (Å²) in [6, 6.07) is 6.72. The van der Waals surface area contributed by atoms with Crippen molar-refractivity contribution in [3.63, 3.8) is 0 Å². The van der Waals surface area contributed by atoms with Crippen molar-refractivity contribution < 1.29 is 9.47 Å². The number of ether oxygens (including phenoxy) is 2. The third-order valence-corrected chi connectivity index (χ3v) is 11.5. The van der Waals surface area contributed by atoms with Crippen molar-refractivity contribution in [3.05, 3.63) is 39.9 Å². The van der Waals surface area contributed by atoms with Crippen LogP contribution in [0, 0.1) is 11.3 Å². The fourth-order valence-electron chi connectivity index (χ4n) is 6.66. The maximum Gasteiger partial charge on any atom is 0.323 e. The summed E-state index contributed by atoms with van der Waals surface area (Å²) in [7, 11) is 0. The second-order valence-electron chi connectivity index (χ2n) is 11.5. The summed E-state index contributed by atoms with van der Waals surface area (Å²) in [5, 5.41) is 14.1. The van der Waals surface area contributed by atoms with Gasteiger partial charge in [0, 0.05) is 53.6 Å². The smallest absolute Gasteiger partial charge is 0.323 e. The van der Waals surface area contributed by atoms with Gasteiger partial charge >= 0.3 is 6.01 Å². The van der Waals surface area contributed by atoms with Gasteiger partial charge in [0.15, 0.2) is 0 Å². The highest BCUT2D eigenvalue weighted by Crippen LogP contribution is 2.57. The number of pyridine rings is 1. The number of nitrogens with zero attached hydrogens (tertiary/aromatic N) is 7. The first-order valence-electron chi connectivity index (χ1n) is 14.3. The van der Waals surface area contributed by atoms with Gasteiger partial charge in [-0.05, 0) is 32.8 Å². The van der Waals surface area contributed by atoms with E-state index in [1.165, 1.54) is 16.2 Å². The predicted octanol–water partition coefficient (Wildman–Crippen LogP) is 2.81. The highest BCUT2D eigenvalue weighted by molar-refractivity contribution is 8.00. The standard InChI is InChI=1S/C28H34N10O2S2/c1-3-38(16(2)18-5-4-8-32-22(18)30)25-33-24(34-26(35-25)40-15-27-7-6-17(36-27)10-39-14-27)37-12-28(13-37)21-19(9-29)23(31)42-20(21)11-41-28/h4-5,8,16-17,36H,3,6-7,10-15,31H2,1-2H3,(H2,30,32)/t16-,17?,27?/m1/s1. The highest BCUT2D eigenvalue weighted by Gasteiger charge is 2.53. The molecule has 12 nitrogen and oxygen atoms in total. The lowest BCUT2D eigenvalue weighted by Gasteiger charge is -2.47. The highest BCUT2D eigenvalue weighted by atomic mass is 32.2. The number of nitrogens with two attached hydrogens (primary N) is 2. The molecule has 220 valence electrons. The van der Waals surface area contributed by atoms with E-state index in [1.807, 2.05) is 23.9 Å². The topological polar surface area (TPSA) is 164 Å². The number of nitrogens with one attached hydrogen (secondary N) is 1. The molecule has 3 fully saturated rings. The summed E-state index contributed by atoms with van der Waals surface area (Å²) >= 11 is 3.40. The Balaban J connectivity index is 1.20. The van der Waals surface area contributed by atoms with E-state index in [2.05, 4.69) is 40.0 Å². The largest absolute Gasteiger partial charge is 0.461 e. The molecule has 4 aliphatic heterocycles. The van der Waals surface area contributed by atoms with Gasteiger partial charge in [-0.2, -0.15) is 20.2 Å². The molecule has 0 aromatic carbocycles. The van der Waals surface area contributed by atoms with E-state index in [9.17, 15) is 5.26 Å². The van der Waals surface area contributed by atoms with Crippen molar-refractivity contribution in [1.82, 2.24) is 25.3 Å². The molecule has 7 rings (SSSR count). The first-order valence-corrected chi connectivity index (χ1v) is 16.1. The number of nitrogen functional groups attached to an aromatic ring is 2. The molecule has 5 N–H and O–H groups in total. The molecule has 2 unspecified atom stereocenters. The molecule has 3 aromatic heterocycles. The lowest BCUT2D eigenvalue weighted by atomic mass is 9.88. The normalized spacial score (nSPS) is 24.2. The molecule has 14 heteroatoms. The van der Waals surface area contributed by atoms with Gasteiger partial charge in [0.2, 0.25) is 11.9 Å². The number of nitriles is 1. The zero-order chi connectivity index (χ0) is 29.1. The molecule has 1 spiro atoms. The monoisotopic (exact) mass is 606 g/mol. The number of fused-ring (bicyclic) bond motifs is 4. The Morgan fingerprint density at radius 2 is 2.19 bits per heavy atom. The average Bonchev–Trinajstić information content (AvgIpc) is 3.60. The van der Waals surface area contributed by atoms with Gasteiger partial charge in [0.05, 0.1) is 35.1 Å². The number of thioether (sulfide) groups is 1. The SMILES string of the molecule is CCN(c1nc(OCC23CCC(COC2)N3)nc(N2CC3(C2)SCc2sc(N)c(C#N)c23)n1)[C@H](C)c1cccnc1N. The van der Waals surface area contributed by atoms with Crippen LogP contribution in [0.15, 0.2) is 18.3 Å². The summed E-state index contributed by atoms with van der Waals surface area (Å²) in [5.41, 5.74) is 14.8. The van der Waals surface area contributed by atoms with E-state index >= 15 is 0 Å². The van der Waals surface area contributed by atoms with E-state index in [4.69, 9.17) is 35.9 Å². The molecule has 7 heterocycles. The van der Waals surface area contributed by atoms with Crippen LogP contribution >= 0.6 is 23.1 Å². The molecule has 0 amide bonds. The first kappa shape index (κ1) is 27.5. The quantitative estimate of drug-likeness (QED) is 0.343. The summed E-state index contributed by atoms with van der Waals surface area (Å²) in [4.78, 5) is 24.3. The zero-order valence-corrected chi connectivity index (χ0v) is 25.3. The molecule has 0 saturated carbocycles. The Morgan fingerprint density at radius 1 is 1.33 bits per heavy atom. The second kappa shape index (κ2) is 10.4. The van der Waals surface area contributed by atoms with Gasteiger partial charge in [0.25, 0.3) is 0 Å². The molecule has 3 atom stereocenters. The van der Waals surface area contributed by atoms with Crippen molar-refractivity contribution in [1.29, 1.82) is 5.26 Å². The summed E-state index contributed by atoms with van der Waals surface area (Å²) in [6.07, 6.45) is 3.74. The van der Waals surface area contributed by atoms with Crippen LogP contribution in [0.3, 0.4) is 0 Å². The van der Waals surface area contributed by atoms with Crippen LogP contribution in [0.25, 0.3) is 0 Å². The van der Waals surface area contributed by atoms with E-state index < -0.39 is 0 Å². The van der Waals surface area contributed by atoms with E-state index in [-0.39, 0.29) is 22.3 Å². The fraction of sp³-hybridized carbons (Fsp3) is 0.536. The predicted molar refractivity (Wildman–Crippen MR) is 164 cm³/mol. The molecule has 0 aliphatic carbocycles. The maximum absolute atomic E-state index is 9.81. The minimum atomic E-state index is -0.234. The van der Waals surface area contributed by atoms with Crippen molar-refractivity contribution in [2.24, 2.45) is 0 Å². The molecular formula is C28H34N10O2S2. The maximum atomic E-state index is 9.81. The van der Waals surface area contributed by atoms with Crippen LogP contribution in [0.1, 0.15) is 54.3 Å². The van der Waals surface area contributed by atoms with Gasteiger partial charge in [-0.3, -0.25) is 0 Å². The minimum Gasteiger partial charge on any atom is -0.461 e. The summed E-state index contributed by atoms with van der Waals surface area (Å²) < 4.78 is 12.0. The van der Waals surface area contributed by atoms with Crippen LogP contribution in [0.4, 0.5) is 22.7 Å². The number of aromatic nitrogens is 4. The Bertz CT molecular complexity index is 1550. The van der Waals surface area contributed by atoms with Gasteiger partial charge < -0.3 is 36.1 Å². The van der Waals surface area contributed by atoms with Crippen LogP contribution in [0.5, 0.6) is 6.01 Å². The van der Waals surface area contributed by atoms with Gasteiger partial charge in [0.1, 0.15) is 23.5 Å².